The Morgan fingerprint density at radius 2 is 2.28 bits per heavy atom. The minimum Gasteiger partial charge on any atom is -0.479 e. The first-order chi connectivity index (χ1) is 8.59. The first-order valence-corrected chi connectivity index (χ1v) is 6.88. The van der Waals surface area contributed by atoms with Crippen molar-refractivity contribution in [1.82, 2.24) is 9.88 Å². The first-order valence-electron chi connectivity index (χ1n) is 6.00. The van der Waals surface area contributed by atoms with Crippen molar-refractivity contribution >= 4 is 17.3 Å². The summed E-state index contributed by atoms with van der Waals surface area (Å²) in [6.07, 6.45) is 2.94. The molecule has 0 aliphatic carbocycles. The predicted molar refractivity (Wildman–Crippen MR) is 68.7 cm³/mol. The van der Waals surface area contributed by atoms with E-state index in [4.69, 9.17) is 4.74 Å². The highest BCUT2D eigenvalue weighted by atomic mass is 32.1. The van der Waals surface area contributed by atoms with Gasteiger partial charge in [-0.15, -0.1) is 11.3 Å². The minimum atomic E-state index is -0.996. The summed E-state index contributed by atoms with van der Waals surface area (Å²) in [6.45, 7) is 3.60. The molecular weight excluding hydrogens is 252 g/mol. The standard InChI is InChI=1S/C12H18N2O3S/c1-9(10-7-13-8-18-10)14-5-3-12(17-2,4-6-14)11(15)16/h7-9H,3-6H2,1-2H3,(H,15,16). The Kier molecular flexibility index (Phi) is 3.99. The summed E-state index contributed by atoms with van der Waals surface area (Å²) in [6, 6.07) is 0.293. The van der Waals surface area contributed by atoms with Crippen molar-refractivity contribution in [3.05, 3.63) is 16.6 Å². The fourth-order valence-corrected chi connectivity index (χ4v) is 3.10. The summed E-state index contributed by atoms with van der Waals surface area (Å²) in [7, 11) is 1.48. The van der Waals surface area contributed by atoms with Crippen molar-refractivity contribution in [1.29, 1.82) is 0 Å². The van der Waals surface area contributed by atoms with Gasteiger partial charge in [0.2, 0.25) is 0 Å². The number of nitrogens with zero attached hydrogens (tertiary/aromatic N) is 2. The van der Waals surface area contributed by atoms with Crippen LogP contribution in [0.1, 0.15) is 30.7 Å². The van der Waals surface area contributed by atoms with E-state index in [-0.39, 0.29) is 0 Å². The van der Waals surface area contributed by atoms with E-state index in [2.05, 4.69) is 16.8 Å². The van der Waals surface area contributed by atoms with Crippen LogP contribution in [0, 0.1) is 0 Å². The maximum absolute atomic E-state index is 11.3. The number of carboxylic acids is 1. The van der Waals surface area contributed by atoms with Gasteiger partial charge in [-0.05, 0) is 19.8 Å². The largest absolute Gasteiger partial charge is 0.479 e. The number of aliphatic carboxylic acids is 1. The van der Waals surface area contributed by atoms with E-state index in [0.29, 0.717) is 18.9 Å². The third kappa shape index (κ3) is 2.41. The molecule has 1 saturated heterocycles. The molecule has 0 saturated carbocycles. The molecule has 6 heteroatoms. The fraction of sp³-hybridized carbons (Fsp3) is 0.667. The molecule has 1 atom stereocenters. The molecule has 0 aromatic carbocycles. The Balaban J connectivity index is 2.00. The molecular formula is C12H18N2O3S. The van der Waals surface area contributed by atoms with Gasteiger partial charge in [0.15, 0.2) is 5.60 Å². The highest BCUT2D eigenvalue weighted by molar-refractivity contribution is 7.09. The maximum atomic E-state index is 11.3. The molecule has 1 unspecified atom stereocenters. The Labute approximate surface area is 110 Å². The number of hydrogen-bond donors (Lipinski definition) is 1. The van der Waals surface area contributed by atoms with Gasteiger partial charge in [-0.3, -0.25) is 9.88 Å². The number of rotatable bonds is 4. The van der Waals surface area contributed by atoms with Crippen LogP contribution in [-0.4, -0.2) is 46.8 Å². The van der Waals surface area contributed by atoms with Crippen molar-refractivity contribution < 1.29 is 14.6 Å². The molecule has 18 heavy (non-hydrogen) atoms. The van der Waals surface area contributed by atoms with Gasteiger partial charge < -0.3 is 9.84 Å². The molecule has 2 heterocycles. The molecule has 0 spiro atoms. The van der Waals surface area contributed by atoms with E-state index in [1.807, 2.05) is 11.7 Å². The number of thiazole rings is 1. The van der Waals surface area contributed by atoms with Crippen LogP contribution in [0.3, 0.4) is 0 Å². The summed E-state index contributed by atoms with van der Waals surface area (Å²) >= 11 is 1.64. The van der Waals surface area contributed by atoms with E-state index in [0.717, 1.165) is 13.1 Å². The van der Waals surface area contributed by atoms with E-state index >= 15 is 0 Å². The van der Waals surface area contributed by atoms with Crippen LogP contribution in [0.2, 0.25) is 0 Å². The molecule has 1 aromatic heterocycles. The lowest BCUT2D eigenvalue weighted by Crippen LogP contribution is -2.51. The molecule has 1 aliphatic rings. The Hall–Kier alpha value is -0.980. The molecule has 1 aromatic rings. The quantitative estimate of drug-likeness (QED) is 0.903. The number of carbonyl (C=O) groups is 1. The topological polar surface area (TPSA) is 62.7 Å². The Bertz CT molecular complexity index is 399. The van der Waals surface area contributed by atoms with Crippen molar-refractivity contribution in [2.75, 3.05) is 20.2 Å². The van der Waals surface area contributed by atoms with E-state index in [9.17, 15) is 9.90 Å². The number of likely N-dealkylation sites (tertiary alicyclic amines) is 1. The summed E-state index contributed by atoms with van der Waals surface area (Å²) in [5.74, 6) is -0.852. The second-order valence-electron chi connectivity index (χ2n) is 4.62. The lowest BCUT2D eigenvalue weighted by atomic mass is 9.90. The second-order valence-corrected chi connectivity index (χ2v) is 5.54. The number of methoxy groups -OCH3 is 1. The van der Waals surface area contributed by atoms with Crippen LogP contribution < -0.4 is 0 Å². The number of aromatic nitrogens is 1. The van der Waals surface area contributed by atoms with Crippen molar-refractivity contribution in [2.45, 2.75) is 31.4 Å². The summed E-state index contributed by atoms with van der Waals surface area (Å²) in [4.78, 5) is 18.8. The Morgan fingerprint density at radius 3 is 2.72 bits per heavy atom. The molecule has 1 aliphatic heterocycles. The molecule has 5 nitrogen and oxygen atoms in total. The van der Waals surface area contributed by atoms with Crippen molar-refractivity contribution in [3.63, 3.8) is 0 Å². The van der Waals surface area contributed by atoms with Gasteiger partial charge >= 0.3 is 5.97 Å². The van der Waals surface area contributed by atoms with Gasteiger partial charge in [-0.25, -0.2) is 4.79 Å². The first kappa shape index (κ1) is 13.5. The predicted octanol–water partition coefficient (Wildman–Crippen LogP) is 1.77. The molecule has 100 valence electrons. The number of piperidine rings is 1. The lowest BCUT2D eigenvalue weighted by Gasteiger charge is -2.40. The van der Waals surface area contributed by atoms with Crippen LogP contribution in [0.5, 0.6) is 0 Å². The molecule has 0 radical (unpaired) electrons. The average molecular weight is 270 g/mol. The summed E-state index contributed by atoms with van der Waals surface area (Å²) < 4.78 is 5.22. The Morgan fingerprint density at radius 1 is 1.61 bits per heavy atom. The smallest absolute Gasteiger partial charge is 0.336 e. The van der Waals surface area contributed by atoms with Crippen LogP contribution >= 0.6 is 11.3 Å². The highest BCUT2D eigenvalue weighted by Gasteiger charge is 2.42. The molecule has 0 bridgehead atoms. The SMILES string of the molecule is COC1(C(=O)O)CCN(C(C)c2cncs2)CC1. The van der Waals surface area contributed by atoms with Crippen LogP contribution in [0.15, 0.2) is 11.7 Å². The minimum absolute atomic E-state index is 0.293. The average Bonchev–Trinajstić information content (AvgIpc) is 2.91. The third-order valence-corrected chi connectivity index (χ3v) is 4.74. The van der Waals surface area contributed by atoms with E-state index in [1.165, 1.54) is 12.0 Å². The monoisotopic (exact) mass is 270 g/mol. The summed E-state index contributed by atoms with van der Waals surface area (Å²) in [5, 5.41) is 9.25. The van der Waals surface area contributed by atoms with Gasteiger partial charge in [-0.1, -0.05) is 0 Å². The van der Waals surface area contributed by atoms with E-state index < -0.39 is 11.6 Å². The number of carboxylic acid groups (broad SMARTS) is 1. The molecule has 1 N–H and O–H groups in total. The zero-order valence-corrected chi connectivity index (χ0v) is 11.4. The maximum Gasteiger partial charge on any atom is 0.336 e. The lowest BCUT2D eigenvalue weighted by molar-refractivity contribution is -0.168. The van der Waals surface area contributed by atoms with Gasteiger partial charge in [-0.2, -0.15) is 0 Å². The zero-order chi connectivity index (χ0) is 13.2. The highest BCUT2D eigenvalue weighted by Crippen LogP contribution is 2.32. The van der Waals surface area contributed by atoms with Gasteiger partial charge in [0.25, 0.3) is 0 Å². The van der Waals surface area contributed by atoms with Gasteiger partial charge in [0.1, 0.15) is 0 Å². The van der Waals surface area contributed by atoms with Gasteiger partial charge in [0.05, 0.1) is 5.51 Å². The number of ether oxygens (including phenoxy) is 1. The zero-order valence-electron chi connectivity index (χ0n) is 10.6. The molecule has 1 fully saturated rings. The summed E-state index contributed by atoms with van der Waals surface area (Å²) in [5.41, 5.74) is 0.830. The number of hydrogen-bond acceptors (Lipinski definition) is 5. The van der Waals surface area contributed by atoms with Crippen LogP contribution in [-0.2, 0) is 9.53 Å². The molecule has 0 amide bonds. The molecule has 2 rings (SSSR count). The van der Waals surface area contributed by atoms with Gasteiger partial charge in [0, 0.05) is 37.3 Å². The normalized spacial score (nSPS) is 21.7. The third-order valence-electron chi connectivity index (χ3n) is 3.80. The van der Waals surface area contributed by atoms with Crippen LogP contribution in [0.4, 0.5) is 0 Å². The van der Waals surface area contributed by atoms with E-state index in [1.54, 1.807) is 11.3 Å². The van der Waals surface area contributed by atoms with Crippen LogP contribution in [0.25, 0.3) is 0 Å². The van der Waals surface area contributed by atoms with Crippen molar-refractivity contribution in [3.8, 4) is 0 Å². The van der Waals surface area contributed by atoms with Crippen molar-refractivity contribution in [2.24, 2.45) is 0 Å². The second kappa shape index (κ2) is 5.34. The fourth-order valence-electron chi connectivity index (χ4n) is 2.39.